The number of hydroxylamine groups is 5. The van der Waals surface area contributed by atoms with Crippen LogP contribution in [0.5, 0.6) is 0 Å². The molecular weight excluding hydrogens is 717 g/mol. The molecule has 296 valence electrons. The van der Waals surface area contributed by atoms with Crippen molar-refractivity contribution in [2.24, 2.45) is 4.99 Å². The number of carbonyl (C=O) groups is 3. The molecule has 19 heteroatoms. The number of carbonyl (C=O) groups excluding carboxylic acids is 3. The number of aliphatic imine (C=N–C) groups is 1. The summed E-state index contributed by atoms with van der Waals surface area (Å²) in [6.07, 6.45) is 4.83. The van der Waals surface area contributed by atoms with Gasteiger partial charge in [-0.05, 0) is 77.9 Å². The SMILES string of the molecule is CCCC[N+](CCCC)(CCCC)OS(=O)(=O)ON1C(=O)N2C[C@H]1CC[C@H]2c1nnc(CCN=C(NC(=O)OC(C)(C)C)NC(=O)OC(C)(C)C)s1. The summed E-state index contributed by atoms with van der Waals surface area (Å²) in [4.78, 5) is 44.3. The van der Waals surface area contributed by atoms with Gasteiger partial charge in [0, 0.05) is 19.5 Å². The lowest BCUT2D eigenvalue weighted by Gasteiger charge is -2.34. The molecule has 0 radical (unpaired) electrons. The van der Waals surface area contributed by atoms with E-state index in [4.69, 9.17) is 18.0 Å². The van der Waals surface area contributed by atoms with Crippen molar-refractivity contribution < 1.29 is 45.5 Å². The lowest BCUT2D eigenvalue weighted by molar-refractivity contribution is -1.08. The van der Waals surface area contributed by atoms with Gasteiger partial charge >= 0.3 is 28.6 Å². The number of ether oxygens (including phenoxy) is 2. The minimum Gasteiger partial charge on any atom is -0.444 e. The second kappa shape index (κ2) is 18.8. The molecule has 2 bridgehead atoms. The lowest BCUT2D eigenvalue weighted by atomic mass is 10.0. The number of nitrogens with zero attached hydrogens (tertiary/aromatic N) is 6. The minimum atomic E-state index is -4.57. The standard InChI is InChI=1S/C33H58N8O9S2/c1-10-13-20-41(21-14-11-2,22-15-12-3)50-52(45,46)49-40-24-16-17-25(39(23-24)31(40)44)27-38-37-26(51-27)18-19-34-28(35-29(42)47-32(4,5)6)36-30(43)48-33(7,8)9/h24-25H,10-23H2,1-9H3,(H-,34,35,36,42,43)/p+1/t24-,25+/m1/s1. The molecule has 2 N–H and O–H groups in total. The van der Waals surface area contributed by atoms with Crippen molar-refractivity contribution in [1.29, 1.82) is 0 Å². The summed E-state index contributed by atoms with van der Waals surface area (Å²) in [7, 11) is -4.57. The number of nitrogens with one attached hydrogen (secondary N) is 2. The lowest BCUT2D eigenvalue weighted by Crippen LogP contribution is -2.52. The zero-order valence-corrected chi connectivity index (χ0v) is 33.9. The Labute approximate surface area is 312 Å². The number of guanidine groups is 1. The Morgan fingerprint density at radius 3 is 1.94 bits per heavy atom. The average Bonchev–Trinajstić information content (AvgIpc) is 3.58. The second-order valence-corrected chi connectivity index (χ2v) is 17.3. The van der Waals surface area contributed by atoms with Crippen LogP contribution in [0.1, 0.15) is 130 Å². The fourth-order valence-electron chi connectivity index (χ4n) is 5.75. The molecule has 0 spiro atoms. The van der Waals surface area contributed by atoms with Crippen molar-refractivity contribution in [3.05, 3.63) is 10.0 Å². The minimum absolute atomic E-state index is 0.0515. The largest absolute Gasteiger partial charge is 0.466 e. The molecule has 1 aromatic heterocycles. The van der Waals surface area contributed by atoms with Crippen LogP contribution in [0.25, 0.3) is 0 Å². The molecule has 3 rings (SSSR count). The van der Waals surface area contributed by atoms with Gasteiger partial charge < -0.3 is 14.4 Å². The molecular formula is C33H59N8O9S2+. The molecule has 2 saturated heterocycles. The van der Waals surface area contributed by atoms with E-state index in [1.807, 2.05) is 0 Å². The summed E-state index contributed by atoms with van der Waals surface area (Å²) in [6, 6.07) is -1.44. The number of piperidine rings is 1. The van der Waals surface area contributed by atoms with Gasteiger partial charge in [-0.15, -0.1) is 14.5 Å². The van der Waals surface area contributed by atoms with Crippen LogP contribution in [0.2, 0.25) is 0 Å². The van der Waals surface area contributed by atoms with Gasteiger partial charge in [-0.25, -0.2) is 14.4 Å². The normalized spacial score (nSPS) is 18.0. The first-order valence-electron chi connectivity index (χ1n) is 18.3. The van der Waals surface area contributed by atoms with Crippen molar-refractivity contribution in [1.82, 2.24) is 30.8 Å². The first-order valence-corrected chi connectivity index (χ1v) is 20.4. The summed E-state index contributed by atoms with van der Waals surface area (Å²) >= 11 is 1.31. The number of alkyl carbamates (subject to hydrolysis) is 2. The monoisotopic (exact) mass is 775 g/mol. The number of hydrogen-bond acceptors (Lipinski definition) is 13. The topological polar surface area (TPSA) is 191 Å². The van der Waals surface area contributed by atoms with Crippen LogP contribution < -0.4 is 10.6 Å². The quantitative estimate of drug-likeness (QED) is 0.0848. The molecule has 0 unspecified atom stereocenters. The number of amides is 4. The molecule has 17 nitrogen and oxygen atoms in total. The maximum Gasteiger partial charge on any atom is 0.466 e. The van der Waals surface area contributed by atoms with Crippen LogP contribution >= 0.6 is 11.3 Å². The summed E-state index contributed by atoms with van der Waals surface area (Å²) in [5.74, 6) is -0.148. The molecule has 3 heterocycles. The van der Waals surface area contributed by atoms with Gasteiger partial charge in [0.2, 0.25) is 5.96 Å². The van der Waals surface area contributed by atoms with E-state index in [0.29, 0.717) is 48.9 Å². The number of quaternary nitrogens is 1. The summed E-state index contributed by atoms with van der Waals surface area (Å²) < 4.78 is 48.6. The Morgan fingerprint density at radius 2 is 1.44 bits per heavy atom. The Bertz CT molecular complexity index is 1440. The van der Waals surface area contributed by atoms with E-state index in [2.05, 4.69) is 46.6 Å². The van der Waals surface area contributed by atoms with Crippen molar-refractivity contribution in [3.63, 3.8) is 0 Å². The first kappa shape index (κ1) is 43.3. The van der Waals surface area contributed by atoms with E-state index in [-0.39, 0.29) is 23.7 Å². The van der Waals surface area contributed by atoms with E-state index in [0.717, 1.165) is 43.6 Å². The molecule has 2 fully saturated rings. The molecule has 2 atom stereocenters. The molecule has 52 heavy (non-hydrogen) atoms. The zero-order valence-electron chi connectivity index (χ0n) is 32.2. The van der Waals surface area contributed by atoms with Gasteiger partial charge in [-0.2, -0.15) is 18.1 Å². The summed E-state index contributed by atoms with van der Waals surface area (Å²) in [5.41, 5.74) is -1.54. The zero-order chi connectivity index (χ0) is 38.7. The number of fused-ring (bicyclic) bond motifs is 2. The number of urea groups is 1. The van der Waals surface area contributed by atoms with Gasteiger partial charge in [-0.3, -0.25) is 15.6 Å². The van der Waals surface area contributed by atoms with Crippen molar-refractivity contribution >= 4 is 45.9 Å². The Hall–Kier alpha value is -3.13. The predicted octanol–water partition coefficient (Wildman–Crippen LogP) is 5.75. The first-order chi connectivity index (χ1) is 24.3. The number of aromatic nitrogens is 2. The number of hydrogen-bond donors (Lipinski definition) is 2. The molecule has 4 amide bonds. The van der Waals surface area contributed by atoms with Gasteiger partial charge in [-0.1, -0.05) is 51.4 Å². The maximum absolute atomic E-state index is 13.6. The van der Waals surface area contributed by atoms with Crippen LogP contribution in [0, 0.1) is 0 Å². The number of rotatable bonds is 17. The van der Waals surface area contributed by atoms with Crippen LogP contribution in [0.3, 0.4) is 0 Å². The second-order valence-electron chi connectivity index (χ2n) is 15.1. The van der Waals surface area contributed by atoms with Crippen molar-refractivity contribution in [3.8, 4) is 0 Å². The van der Waals surface area contributed by atoms with Gasteiger partial charge in [0.1, 0.15) is 40.9 Å². The molecule has 1 aromatic rings. The van der Waals surface area contributed by atoms with E-state index >= 15 is 0 Å². The molecule has 2 aliphatic rings. The van der Waals surface area contributed by atoms with E-state index in [1.165, 1.54) is 11.3 Å². The highest BCUT2D eigenvalue weighted by Crippen LogP contribution is 2.40. The summed E-state index contributed by atoms with van der Waals surface area (Å²) in [6.45, 7) is 18.4. The van der Waals surface area contributed by atoms with Crippen molar-refractivity contribution in [2.75, 3.05) is 32.7 Å². The van der Waals surface area contributed by atoms with Crippen LogP contribution in [-0.2, 0) is 34.9 Å². The van der Waals surface area contributed by atoms with Crippen molar-refractivity contribution in [2.45, 2.75) is 143 Å². The van der Waals surface area contributed by atoms with Gasteiger partial charge in [0.25, 0.3) is 0 Å². The highest BCUT2D eigenvalue weighted by molar-refractivity contribution is 7.81. The highest BCUT2D eigenvalue weighted by atomic mass is 32.3. The molecule has 0 saturated carbocycles. The predicted molar refractivity (Wildman–Crippen MR) is 195 cm³/mol. The van der Waals surface area contributed by atoms with Crippen LogP contribution in [0.4, 0.5) is 14.4 Å². The Balaban J connectivity index is 1.68. The number of unbranched alkanes of at least 4 members (excludes halogenated alkanes) is 3. The molecule has 0 aliphatic carbocycles. The Kier molecular flexibility index (Phi) is 15.6. The third-order valence-corrected chi connectivity index (χ3v) is 10.0. The van der Waals surface area contributed by atoms with Gasteiger partial charge in [0.15, 0.2) is 0 Å². The fourth-order valence-corrected chi connectivity index (χ4v) is 7.75. The van der Waals surface area contributed by atoms with Gasteiger partial charge in [0.05, 0.1) is 12.1 Å². The average molecular weight is 776 g/mol. The Morgan fingerprint density at radius 1 is 0.904 bits per heavy atom. The third kappa shape index (κ3) is 13.7. The third-order valence-electron chi connectivity index (χ3n) is 8.10. The van der Waals surface area contributed by atoms with E-state index < -0.39 is 51.9 Å². The van der Waals surface area contributed by atoms with Crippen LogP contribution in [-0.4, -0.2) is 107 Å². The van der Waals surface area contributed by atoms with Crippen LogP contribution in [0.15, 0.2) is 4.99 Å². The summed E-state index contributed by atoms with van der Waals surface area (Å²) in [5, 5.41) is 15.7. The van der Waals surface area contributed by atoms with E-state index in [9.17, 15) is 22.8 Å². The molecule has 0 aromatic carbocycles. The maximum atomic E-state index is 13.6. The fraction of sp³-hybridized carbons (Fsp3) is 0.818. The smallest absolute Gasteiger partial charge is 0.444 e. The molecule has 2 aliphatic heterocycles. The van der Waals surface area contributed by atoms with E-state index in [1.54, 1.807) is 46.4 Å². The highest BCUT2D eigenvalue weighted by Gasteiger charge is 2.50.